The standard InChI is InChI=1S/C15H14FNO3/c1-10-3-5-12(16)7-14(10)20-9-13-6-4-11(8-17-13)15(18)19-2/h3-8H,9H2,1-2H3. The van der Waals surface area contributed by atoms with Crippen LogP contribution in [0.4, 0.5) is 4.39 Å². The molecule has 4 nitrogen and oxygen atoms in total. The van der Waals surface area contributed by atoms with Gasteiger partial charge in [-0.15, -0.1) is 0 Å². The number of esters is 1. The summed E-state index contributed by atoms with van der Waals surface area (Å²) in [5, 5.41) is 0. The van der Waals surface area contributed by atoms with Crippen molar-refractivity contribution in [2.45, 2.75) is 13.5 Å². The lowest BCUT2D eigenvalue weighted by atomic mass is 10.2. The van der Waals surface area contributed by atoms with Crippen LogP contribution in [0.15, 0.2) is 36.5 Å². The van der Waals surface area contributed by atoms with Crippen LogP contribution in [0.25, 0.3) is 0 Å². The molecule has 5 heteroatoms. The smallest absolute Gasteiger partial charge is 0.339 e. The van der Waals surface area contributed by atoms with Gasteiger partial charge in [-0.1, -0.05) is 6.07 Å². The lowest BCUT2D eigenvalue weighted by Gasteiger charge is -2.09. The summed E-state index contributed by atoms with van der Waals surface area (Å²) in [7, 11) is 1.31. The van der Waals surface area contributed by atoms with Crippen molar-refractivity contribution >= 4 is 5.97 Å². The third-order valence-electron chi connectivity index (χ3n) is 2.77. The van der Waals surface area contributed by atoms with Gasteiger partial charge in [0.1, 0.15) is 18.2 Å². The monoisotopic (exact) mass is 275 g/mol. The number of halogens is 1. The van der Waals surface area contributed by atoms with Gasteiger partial charge in [0.15, 0.2) is 0 Å². The van der Waals surface area contributed by atoms with E-state index in [0.717, 1.165) is 5.56 Å². The molecule has 0 saturated heterocycles. The summed E-state index contributed by atoms with van der Waals surface area (Å²) in [6.07, 6.45) is 1.42. The number of methoxy groups -OCH3 is 1. The molecule has 0 N–H and O–H groups in total. The minimum atomic E-state index is -0.439. The number of nitrogens with zero attached hydrogens (tertiary/aromatic N) is 1. The van der Waals surface area contributed by atoms with Crippen LogP contribution in [0.5, 0.6) is 5.75 Å². The molecule has 1 aromatic heterocycles. The van der Waals surface area contributed by atoms with Crippen LogP contribution >= 0.6 is 0 Å². The van der Waals surface area contributed by atoms with Crippen LogP contribution in [0.3, 0.4) is 0 Å². The molecule has 2 aromatic rings. The fourth-order valence-corrected chi connectivity index (χ4v) is 1.63. The van der Waals surface area contributed by atoms with Gasteiger partial charge in [-0.2, -0.15) is 0 Å². The van der Waals surface area contributed by atoms with Gasteiger partial charge in [0, 0.05) is 12.3 Å². The number of benzene rings is 1. The minimum absolute atomic E-state index is 0.200. The summed E-state index contributed by atoms with van der Waals surface area (Å²) >= 11 is 0. The molecule has 0 aliphatic carbocycles. The normalized spacial score (nSPS) is 10.2. The largest absolute Gasteiger partial charge is 0.487 e. The number of aromatic nitrogens is 1. The van der Waals surface area contributed by atoms with Crippen molar-refractivity contribution in [3.63, 3.8) is 0 Å². The van der Waals surface area contributed by atoms with Gasteiger partial charge in [-0.25, -0.2) is 9.18 Å². The van der Waals surface area contributed by atoms with Gasteiger partial charge < -0.3 is 9.47 Å². The van der Waals surface area contributed by atoms with Crippen molar-refractivity contribution in [2.24, 2.45) is 0 Å². The maximum Gasteiger partial charge on any atom is 0.339 e. The van der Waals surface area contributed by atoms with E-state index < -0.39 is 5.97 Å². The van der Waals surface area contributed by atoms with Crippen LogP contribution in [0.2, 0.25) is 0 Å². The first-order chi connectivity index (χ1) is 9.60. The van der Waals surface area contributed by atoms with Crippen molar-refractivity contribution in [1.29, 1.82) is 0 Å². The van der Waals surface area contributed by atoms with Crippen LogP contribution in [0.1, 0.15) is 21.6 Å². The second-order valence-electron chi connectivity index (χ2n) is 4.23. The Labute approximate surface area is 116 Å². The maximum absolute atomic E-state index is 13.1. The molecule has 0 bridgehead atoms. The first-order valence-electron chi connectivity index (χ1n) is 6.02. The Morgan fingerprint density at radius 1 is 1.30 bits per heavy atom. The van der Waals surface area contributed by atoms with Crippen molar-refractivity contribution in [3.05, 3.63) is 59.2 Å². The fraction of sp³-hybridized carbons (Fsp3) is 0.200. The second-order valence-corrected chi connectivity index (χ2v) is 4.23. The molecule has 0 saturated carbocycles. The highest BCUT2D eigenvalue weighted by Crippen LogP contribution is 2.19. The van der Waals surface area contributed by atoms with Crippen molar-refractivity contribution < 1.29 is 18.7 Å². The van der Waals surface area contributed by atoms with Gasteiger partial charge in [0.25, 0.3) is 0 Å². The molecule has 104 valence electrons. The SMILES string of the molecule is COC(=O)c1ccc(COc2cc(F)ccc2C)nc1. The number of aryl methyl sites for hydroxylation is 1. The molecule has 0 atom stereocenters. The van der Waals surface area contributed by atoms with E-state index in [1.807, 2.05) is 6.92 Å². The molecule has 0 radical (unpaired) electrons. The maximum atomic E-state index is 13.1. The number of carbonyl (C=O) groups is 1. The van der Waals surface area contributed by atoms with Gasteiger partial charge in [-0.05, 0) is 30.7 Å². The van der Waals surface area contributed by atoms with E-state index in [0.29, 0.717) is 17.0 Å². The van der Waals surface area contributed by atoms with E-state index >= 15 is 0 Å². The second kappa shape index (κ2) is 6.14. The van der Waals surface area contributed by atoms with Gasteiger partial charge in [0.2, 0.25) is 0 Å². The van der Waals surface area contributed by atoms with E-state index in [1.165, 1.54) is 25.4 Å². The summed E-state index contributed by atoms with van der Waals surface area (Å²) < 4.78 is 23.2. The summed E-state index contributed by atoms with van der Waals surface area (Å²) in [6.45, 7) is 2.04. The number of hydrogen-bond acceptors (Lipinski definition) is 4. The van der Waals surface area contributed by atoms with Gasteiger partial charge >= 0.3 is 5.97 Å². The third-order valence-corrected chi connectivity index (χ3v) is 2.77. The molecule has 20 heavy (non-hydrogen) atoms. The average Bonchev–Trinajstić information content (AvgIpc) is 2.48. The number of carbonyl (C=O) groups excluding carboxylic acids is 1. The highest BCUT2D eigenvalue weighted by atomic mass is 19.1. The van der Waals surface area contributed by atoms with Crippen molar-refractivity contribution in [3.8, 4) is 5.75 Å². The minimum Gasteiger partial charge on any atom is -0.487 e. The molecule has 0 spiro atoms. The fourth-order valence-electron chi connectivity index (χ4n) is 1.63. The van der Waals surface area contributed by atoms with Gasteiger partial charge in [0.05, 0.1) is 18.4 Å². The Morgan fingerprint density at radius 2 is 2.10 bits per heavy atom. The zero-order chi connectivity index (χ0) is 14.5. The Hall–Kier alpha value is -2.43. The number of ether oxygens (including phenoxy) is 2. The van der Waals surface area contributed by atoms with Crippen LogP contribution in [0, 0.1) is 12.7 Å². The molecule has 2 rings (SSSR count). The lowest BCUT2D eigenvalue weighted by Crippen LogP contribution is -2.04. The molecule has 0 aliphatic heterocycles. The summed E-state index contributed by atoms with van der Waals surface area (Å²) in [5.41, 5.74) is 1.86. The van der Waals surface area contributed by atoms with E-state index in [2.05, 4.69) is 9.72 Å². The Bertz CT molecular complexity index is 611. The third kappa shape index (κ3) is 3.32. The molecule has 0 aliphatic rings. The molecule has 0 amide bonds. The zero-order valence-corrected chi connectivity index (χ0v) is 11.2. The van der Waals surface area contributed by atoms with Crippen molar-refractivity contribution in [2.75, 3.05) is 7.11 Å². The zero-order valence-electron chi connectivity index (χ0n) is 11.2. The molecule has 0 fully saturated rings. The Morgan fingerprint density at radius 3 is 2.75 bits per heavy atom. The topological polar surface area (TPSA) is 48.4 Å². The average molecular weight is 275 g/mol. The molecular weight excluding hydrogens is 261 g/mol. The first-order valence-corrected chi connectivity index (χ1v) is 6.02. The van der Waals surface area contributed by atoms with Crippen LogP contribution < -0.4 is 4.74 Å². The predicted octanol–water partition coefficient (Wildman–Crippen LogP) is 2.89. The summed E-state index contributed by atoms with van der Waals surface area (Å²) in [5.74, 6) is -0.311. The summed E-state index contributed by atoms with van der Waals surface area (Å²) in [4.78, 5) is 15.3. The molecule has 0 unspecified atom stereocenters. The van der Waals surface area contributed by atoms with E-state index in [4.69, 9.17) is 4.74 Å². The van der Waals surface area contributed by atoms with E-state index in [1.54, 1.807) is 18.2 Å². The molecule has 1 aromatic carbocycles. The van der Waals surface area contributed by atoms with E-state index in [-0.39, 0.29) is 12.4 Å². The number of hydrogen-bond donors (Lipinski definition) is 0. The first kappa shape index (κ1) is 14.0. The van der Waals surface area contributed by atoms with Crippen LogP contribution in [-0.4, -0.2) is 18.1 Å². The predicted molar refractivity (Wildman–Crippen MR) is 71.0 cm³/mol. The Kier molecular flexibility index (Phi) is 4.30. The molecule has 1 heterocycles. The van der Waals surface area contributed by atoms with E-state index in [9.17, 15) is 9.18 Å². The molecular formula is C15H14FNO3. The Balaban J connectivity index is 2.04. The van der Waals surface area contributed by atoms with Crippen molar-refractivity contribution in [1.82, 2.24) is 4.98 Å². The highest BCUT2D eigenvalue weighted by molar-refractivity contribution is 5.88. The number of pyridine rings is 1. The summed E-state index contributed by atoms with van der Waals surface area (Å²) in [6, 6.07) is 7.64. The quantitative estimate of drug-likeness (QED) is 0.805. The highest BCUT2D eigenvalue weighted by Gasteiger charge is 2.06. The number of rotatable bonds is 4. The van der Waals surface area contributed by atoms with Gasteiger partial charge in [-0.3, -0.25) is 4.98 Å². The lowest BCUT2D eigenvalue weighted by molar-refractivity contribution is 0.0600. The van der Waals surface area contributed by atoms with Crippen LogP contribution in [-0.2, 0) is 11.3 Å².